The van der Waals surface area contributed by atoms with Crippen molar-refractivity contribution < 1.29 is 28.7 Å². The number of carbonyl (C=O) groups is 4. The van der Waals surface area contributed by atoms with E-state index in [0.717, 1.165) is 4.90 Å². The average molecular weight is 485 g/mol. The van der Waals surface area contributed by atoms with E-state index in [2.05, 4.69) is 16.6 Å². The SMILES string of the molecule is C#Cc1ccccc1C(C(=O)NCCC(=O)OCC)N(CC#N)C(=O)C(C)NC(=O)OC(C)(C)C. The van der Waals surface area contributed by atoms with E-state index in [9.17, 15) is 24.4 Å². The lowest BCUT2D eigenvalue weighted by atomic mass is 9.97. The molecule has 1 aromatic carbocycles. The van der Waals surface area contributed by atoms with E-state index < -0.39 is 48.1 Å². The largest absolute Gasteiger partial charge is 0.466 e. The minimum Gasteiger partial charge on any atom is -0.466 e. The normalized spacial score (nSPS) is 12.2. The second-order valence-electron chi connectivity index (χ2n) is 8.47. The molecule has 10 heteroatoms. The molecule has 188 valence electrons. The van der Waals surface area contributed by atoms with Gasteiger partial charge in [0.05, 0.1) is 19.1 Å². The molecule has 10 nitrogen and oxygen atoms in total. The van der Waals surface area contributed by atoms with Gasteiger partial charge in [-0.25, -0.2) is 4.79 Å². The van der Waals surface area contributed by atoms with Crippen LogP contribution in [-0.4, -0.2) is 60.1 Å². The number of carbonyl (C=O) groups excluding carboxylic acids is 4. The summed E-state index contributed by atoms with van der Waals surface area (Å²) in [6, 6.07) is 5.98. The number of nitriles is 1. The van der Waals surface area contributed by atoms with Gasteiger partial charge in [0.25, 0.3) is 0 Å². The molecule has 35 heavy (non-hydrogen) atoms. The number of nitrogens with one attached hydrogen (secondary N) is 2. The Morgan fingerprint density at radius 3 is 2.43 bits per heavy atom. The number of hydrogen-bond donors (Lipinski definition) is 2. The number of benzene rings is 1. The van der Waals surface area contributed by atoms with Crippen molar-refractivity contribution in [1.82, 2.24) is 15.5 Å². The number of hydrogen-bond acceptors (Lipinski definition) is 7. The summed E-state index contributed by atoms with van der Waals surface area (Å²) in [5.41, 5.74) is -0.120. The maximum atomic E-state index is 13.3. The fraction of sp³-hybridized carbons (Fsp3) is 0.480. The molecule has 0 saturated heterocycles. The third kappa shape index (κ3) is 9.38. The van der Waals surface area contributed by atoms with Crippen molar-refractivity contribution in [2.24, 2.45) is 0 Å². The molecule has 2 N–H and O–H groups in total. The number of ether oxygens (including phenoxy) is 2. The molecule has 0 aliphatic heterocycles. The van der Waals surface area contributed by atoms with Crippen LogP contribution in [0, 0.1) is 23.7 Å². The third-order valence-electron chi connectivity index (χ3n) is 4.53. The molecule has 0 fully saturated rings. The van der Waals surface area contributed by atoms with E-state index in [1.54, 1.807) is 52.0 Å². The Labute approximate surface area is 205 Å². The smallest absolute Gasteiger partial charge is 0.408 e. The summed E-state index contributed by atoms with van der Waals surface area (Å²) in [6.07, 6.45) is 4.71. The van der Waals surface area contributed by atoms with Crippen LogP contribution in [0.15, 0.2) is 24.3 Å². The first kappa shape index (κ1) is 29.0. The molecule has 0 bridgehead atoms. The highest BCUT2D eigenvalue weighted by Gasteiger charge is 2.35. The van der Waals surface area contributed by atoms with Crippen molar-refractivity contribution in [3.05, 3.63) is 35.4 Å². The van der Waals surface area contributed by atoms with Gasteiger partial charge in [0.1, 0.15) is 24.2 Å². The van der Waals surface area contributed by atoms with Crippen LogP contribution in [0.4, 0.5) is 4.79 Å². The molecule has 1 aromatic rings. The zero-order valence-electron chi connectivity index (χ0n) is 20.7. The summed E-state index contributed by atoms with van der Waals surface area (Å²) >= 11 is 0. The summed E-state index contributed by atoms with van der Waals surface area (Å²) in [6.45, 7) is 7.80. The molecule has 3 amide bonds. The van der Waals surface area contributed by atoms with Gasteiger partial charge in [-0.05, 0) is 46.2 Å². The summed E-state index contributed by atoms with van der Waals surface area (Å²) < 4.78 is 10.0. The molecule has 0 radical (unpaired) electrons. The van der Waals surface area contributed by atoms with E-state index in [1.165, 1.54) is 6.92 Å². The number of alkyl carbamates (subject to hydrolysis) is 1. The topological polar surface area (TPSA) is 138 Å². The van der Waals surface area contributed by atoms with Crippen molar-refractivity contribution in [1.29, 1.82) is 5.26 Å². The minimum absolute atomic E-state index is 0.0489. The predicted octanol–water partition coefficient (Wildman–Crippen LogP) is 2.04. The highest BCUT2D eigenvalue weighted by atomic mass is 16.6. The van der Waals surface area contributed by atoms with Crippen LogP contribution >= 0.6 is 0 Å². The number of esters is 1. The van der Waals surface area contributed by atoms with Crippen molar-refractivity contribution in [2.45, 2.75) is 58.7 Å². The van der Waals surface area contributed by atoms with Crippen LogP contribution in [-0.2, 0) is 23.9 Å². The zero-order valence-corrected chi connectivity index (χ0v) is 20.7. The fourth-order valence-corrected chi connectivity index (χ4v) is 3.10. The molecule has 0 aliphatic carbocycles. The lowest BCUT2D eigenvalue weighted by Crippen LogP contribution is -2.52. The minimum atomic E-state index is -1.29. The van der Waals surface area contributed by atoms with Crippen LogP contribution in [0.25, 0.3) is 0 Å². The van der Waals surface area contributed by atoms with Gasteiger partial charge in [-0.3, -0.25) is 14.4 Å². The Morgan fingerprint density at radius 1 is 1.20 bits per heavy atom. The monoisotopic (exact) mass is 484 g/mol. The first-order valence-electron chi connectivity index (χ1n) is 11.1. The Hall–Kier alpha value is -4.05. The van der Waals surface area contributed by atoms with Crippen LogP contribution < -0.4 is 10.6 Å². The Balaban J connectivity index is 3.27. The van der Waals surface area contributed by atoms with E-state index in [4.69, 9.17) is 15.9 Å². The van der Waals surface area contributed by atoms with Crippen LogP contribution in [0.5, 0.6) is 0 Å². The maximum Gasteiger partial charge on any atom is 0.408 e. The molecule has 0 spiro atoms. The quantitative estimate of drug-likeness (QED) is 0.294. The van der Waals surface area contributed by atoms with Crippen molar-refractivity contribution >= 4 is 23.9 Å². The summed E-state index contributed by atoms with van der Waals surface area (Å²) in [5, 5.41) is 14.5. The summed E-state index contributed by atoms with van der Waals surface area (Å²) in [7, 11) is 0. The van der Waals surface area contributed by atoms with Gasteiger partial charge >= 0.3 is 12.1 Å². The second-order valence-corrected chi connectivity index (χ2v) is 8.47. The zero-order chi connectivity index (χ0) is 26.6. The van der Waals surface area contributed by atoms with Gasteiger partial charge in [0.15, 0.2) is 0 Å². The Bertz CT molecular complexity index is 1000. The van der Waals surface area contributed by atoms with E-state index in [-0.39, 0.29) is 19.6 Å². The average Bonchev–Trinajstić information content (AvgIpc) is 2.77. The third-order valence-corrected chi connectivity index (χ3v) is 4.53. The van der Waals surface area contributed by atoms with Crippen molar-refractivity contribution in [3.8, 4) is 18.4 Å². The molecular formula is C25H32N4O6. The first-order chi connectivity index (χ1) is 16.4. The van der Waals surface area contributed by atoms with Gasteiger partial charge < -0.3 is 25.0 Å². The molecule has 0 aliphatic rings. The van der Waals surface area contributed by atoms with Crippen LogP contribution in [0.2, 0.25) is 0 Å². The lowest BCUT2D eigenvalue weighted by molar-refractivity contribution is -0.144. The summed E-state index contributed by atoms with van der Waals surface area (Å²) in [4.78, 5) is 51.4. The van der Waals surface area contributed by atoms with Gasteiger partial charge in [-0.2, -0.15) is 5.26 Å². The van der Waals surface area contributed by atoms with E-state index in [0.29, 0.717) is 11.1 Å². The molecule has 2 atom stereocenters. The number of terminal acetylenes is 1. The van der Waals surface area contributed by atoms with Gasteiger partial charge in [0.2, 0.25) is 11.8 Å². The lowest BCUT2D eigenvalue weighted by Gasteiger charge is -2.32. The van der Waals surface area contributed by atoms with E-state index in [1.807, 2.05) is 6.07 Å². The maximum absolute atomic E-state index is 13.3. The Morgan fingerprint density at radius 2 is 1.86 bits per heavy atom. The molecule has 0 saturated carbocycles. The van der Waals surface area contributed by atoms with E-state index >= 15 is 0 Å². The number of amides is 3. The van der Waals surface area contributed by atoms with Gasteiger partial charge in [0, 0.05) is 12.1 Å². The predicted molar refractivity (Wildman–Crippen MR) is 128 cm³/mol. The van der Waals surface area contributed by atoms with Crippen LogP contribution in [0.3, 0.4) is 0 Å². The Kier molecular flexibility index (Phi) is 11.3. The van der Waals surface area contributed by atoms with Crippen molar-refractivity contribution in [2.75, 3.05) is 19.7 Å². The van der Waals surface area contributed by atoms with Gasteiger partial charge in [-0.1, -0.05) is 24.1 Å². The molecule has 2 unspecified atom stereocenters. The molecular weight excluding hydrogens is 452 g/mol. The molecule has 1 rings (SSSR count). The standard InChI is InChI=1S/C25H32N4O6/c1-7-18-11-9-10-12-19(18)21(22(31)27-15-13-20(30)34-8-2)29(16-14-26)23(32)17(3)28-24(33)35-25(4,5)6/h1,9-12,17,21H,8,13,15-16H2,2-6H3,(H,27,31)(H,28,33). The molecule has 0 aromatic heterocycles. The highest BCUT2D eigenvalue weighted by Crippen LogP contribution is 2.25. The van der Waals surface area contributed by atoms with Crippen LogP contribution in [0.1, 0.15) is 58.2 Å². The fourth-order valence-electron chi connectivity index (χ4n) is 3.10. The number of rotatable bonds is 10. The van der Waals surface area contributed by atoms with Gasteiger partial charge in [-0.15, -0.1) is 6.42 Å². The highest BCUT2D eigenvalue weighted by molar-refractivity contribution is 5.92. The second kappa shape index (κ2) is 13.6. The van der Waals surface area contributed by atoms with Crippen molar-refractivity contribution in [3.63, 3.8) is 0 Å². The first-order valence-corrected chi connectivity index (χ1v) is 11.1. The summed E-state index contributed by atoms with van der Waals surface area (Å²) in [5.74, 6) is 0.641. The molecule has 0 heterocycles. The number of nitrogens with zero attached hydrogens (tertiary/aromatic N) is 2.